The zero-order valence-electron chi connectivity index (χ0n) is 22.8. The summed E-state index contributed by atoms with van der Waals surface area (Å²) in [6.45, 7) is 10.9. The van der Waals surface area contributed by atoms with E-state index >= 15 is 0 Å². The molecule has 9 nitrogen and oxygen atoms in total. The number of aliphatic hydroxyl groups excluding tert-OH is 3. The molecule has 9 heteroatoms. The van der Waals surface area contributed by atoms with Crippen LogP contribution in [0.4, 0.5) is 4.79 Å². The number of carbonyl (C=O) groups excluding carboxylic acids is 1. The van der Waals surface area contributed by atoms with E-state index in [0.29, 0.717) is 63.0 Å². The third-order valence-electron chi connectivity index (χ3n) is 9.19. The lowest BCUT2D eigenvalue weighted by Crippen LogP contribution is -2.43. The van der Waals surface area contributed by atoms with Crippen molar-refractivity contribution in [3.8, 4) is 0 Å². The van der Waals surface area contributed by atoms with Crippen molar-refractivity contribution >= 4 is 12.0 Å². The predicted molar refractivity (Wildman–Crippen MR) is 144 cm³/mol. The Labute approximate surface area is 226 Å². The number of nitrogens with zero attached hydrogens (tertiary/aromatic N) is 1. The summed E-state index contributed by atoms with van der Waals surface area (Å²) in [5, 5.41) is 38.9. The molecule has 0 aromatic rings. The SMILES string of the molecule is C=C1/C(=C\C=C2CCC[C@]3(C)[C@@H]([C@H](C)CC(O)C(=O)O)CC[C@@H]23)C[C@H](O)C[C@H]1O.NC(=O)N1CCOCC1. The van der Waals surface area contributed by atoms with Crippen LogP contribution in [0.1, 0.15) is 65.2 Å². The van der Waals surface area contributed by atoms with E-state index < -0.39 is 24.3 Å². The van der Waals surface area contributed by atoms with Gasteiger partial charge in [0.2, 0.25) is 0 Å². The molecule has 4 fully saturated rings. The molecule has 0 aromatic carbocycles. The highest BCUT2D eigenvalue weighted by atomic mass is 16.5. The minimum atomic E-state index is -1.29. The molecule has 7 atom stereocenters. The number of fused-ring (bicyclic) bond motifs is 1. The zero-order valence-corrected chi connectivity index (χ0v) is 22.8. The van der Waals surface area contributed by atoms with Crippen molar-refractivity contribution in [2.24, 2.45) is 28.9 Å². The lowest BCUT2D eigenvalue weighted by Gasteiger charge is -2.44. The van der Waals surface area contributed by atoms with Gasteiger partial charge in [0.1, 0.15) is 0 Å². The van der Waals surface area contributed by atoms with Crippen molar-refractivity contribution in [2.75, 3.05) is 26.3 Å². The van der Waals surface area contributed by atoms with Crippen LogP contribution in [0.3, 0.4) is 0 Å². The molecular weight excluding hydrogens is 488 g/mol. The Hall–Kier alpha value is -2.20. The Balaban J connectivity index is 0.000000375. The van der Waals surface area contributed by atoms with Gasteiger partial charge in [-0.15, -0.1) is 0 Å². The third-order valence-corrected chi connectivity index (χ3v) is 9.19. The summed E-state index contributed by atoms with van der Waals surface area (Å²) in [4.78, 5) is 23.1. The average Bonchev–Trinajstić information content (AvgIpc) is 3.23. The summed E-state index contributed by atoms with van der Waals surface area (Å²) in [6.07, 6.45) is 8.41. The van der Waals surface area contributed by atoms with Gasteiger partial charge in [-0.1, -0.05) is 38.2 Å². The first-order valence-corrected chi connectivity index (χ1v) is 13.9. The fraction of sp³-hybridized carbons (Fsp3) is 0.724. The minimum absolute atomic E-state index is 0.128. The minimum Gasteiger partial charge on any atom is -0.479 e. The number of rotatable bonds is 5. The molecule has 4 aliphatic rings. The Bertz CT molecular complexity index is 926. The lowest BCUT2D eigenvalue weighted by molar-refractivity contribution is -0.147. The maximum absolute atomic E-state index is 11.1. The number of morpholine rings is 1. The topological polar surface area (TPSA) is 154 Å². The normalized spacial score (nSPS) is 35.3. The summed E-state index contributed by atoms with van der Waals surface area (Å²) in [6, 6.07) is -0.349. The number of ether oxygens (including phenoxy) is 1. The van der Waals surface area contributed by atoms with Crippen LogP contribution in [0.25, 0.3) is 0 Å². The molecule has 2 amide bonds. The first-order valence-electron chi connectivity index (χ1n) is 13.9. The van der Waals surface area contributed by atoms with Crippen molar-refractivity contribution in [2.45, 2.75) is 83.5 Å². The summed E-state index contributed by atoms with van der Waals surface area (Å²) in [7, 11) is 0. The van der Waals surface area contributed by atoms with Crippen LogP contribution >= 0.6 is 0 Å². The zero-order chi connectivity index (χ0) is 28.0. The number of hydrogen-bond donors (Lipinski definition) is 5. The fourth-order valence-electron chi connectivity index (χ4n) is 7.08. The summed E-state index contributed by atoms with van der Waals surface area (Å²) in [5.41, 5.74) is 8.19. The van der Waals surface area contributed by atoms with E-state index in [1.54, 1.807) is 4.90 Å². The molecular formula is C29H46N2O7. The number of carbonyl (C=O) groups is 2. The molecule has 0 spiro atoms. The monoisotopic (exact) mass is 534 g/mol. The van der Waals surface area contributed by atoms with Gasteiger partial charge in [-0.2, -0.15) is 0 Å². The predicted octanol–water partition coefficient (Wildman–Crippen LogP) is 3.00. The number of carboxylic acid groups (broad SMARTS) is 1. The van der Waals surface area contributed by atoms with Crippen LogP contribution in [0.15, 0.2) is 35.5 Å². The molecule has 6 N–H and O–H groups in total. The van der Waals surface area contributed by atoms with Crippen LogP contribution in [0, 0.1) is 23.2 Å². The first kappa shape index (κ1) is 30.3. The molecule has 1 heterocycles. The van der Waals surface area contributed by atoms with E-state index in [9.17, 15) is 24.9 Å². The molecule has 38 heavy (non-hydrogen) atoms. The number of amides is 2. The molecule has 214 valence electrons. The van der Waals surface area contributed by atoms with Gasteiger partial charge in [0.15, 0.2) is 6.10 Å². The van der Waals surface area contributed by atoms with E-state index in [2.05, 4.69) is 26.5 Å². The van der Waals surface area contributed by atoms with Gasteiger partial charge in [0.25, 0.3) is 0 Å². The molecule has 1 aliphatic heterocycles. The summed E-state index contributed by atoms with van der Waals surface area (Å²) in [5.74, 6) is -0.0953. The lowest BCUT2D eigenvalue weighted by atomic mass is 9.60. The van der Waals surface area contributed by atoms with Crippen molar-refractivity contribution < 1.29 is 34.8 Å². The van der Waals surface area contributed by atoms with E-state index in [-0.39, 0.29) is 17.4 Å². The van der Waals surface area contributed by atoms with Gasteiger partial charge >= 0.3 is 12.0 Å². The molecule has 0 aromatic heterocycles. The number of hydrogen-bond acceptors (Lipinski definition) is 6. The highest BCUT2D eigenvalue weighted by molar-refractivity contribution is 5.72. The van der Waals surface area contributed by atoms with E-state index in [0.717, 1.165) is 37.7 Å². The second-order valence-electron chi connectivity index (χ2n) is 11.7. The van der Waals surface area contributed by atoms with Crippen molar-refractivity contribution in [1.29, 1.82) is 0 Å². The number of nitrogens with two attached hydrogens (primary N) is 1. The van der Waals surface area contributed by atoms with Gasteiger partial charge in [-0.25, -0.2) is 9.59 Å². The van der Waals surface area contributed by atoms with Crippen LogP contribution < -0.4 is 5.73 Å². The first-order chi connectivity index (χ1) is 17.9. The number of primary amides is 1. The van der Waals surface area contributed by atoms with Gasteiger partial charge in [-0.3, -0.25) is 0 Å². The van der Waals surface area contributed by atoms with Gasteiger partial charge in [0, 0.05) is 19.5 Å². The molecule has 0 radical (unpaired) electrons. The van der Waals surface area contributed by atoms with Crippen LogP contribution in [-0.2, 0) is 9.53 Å². The quantitative estimate of drug-likeness (QED) is 0.363. The number of aliphatic carboxylic acids is 1. The van der Waals surface area contributed by atoms with Crippen LogP contribution in [0.2, 0.25) is 0 Å². The van der Waals surface area contributed by atoms with Gasteiger partial charge < -0.3 is 35.8 Å². The number of carboxylic acids is 1. The molecule has 1 unspecified atom stereocenters. The molecule has 3 aliphatic carbocycles. The van der Waals surface area contributed by atoms with Crippen LogP contribution in [0.5, 0.6) is 0 Å². The Kier molecular flexibility index (Phi) is 10.6. The van der Waals surface area contributed by atoms with Crippen LogP contribution in [-0.4, -0.2) is 81.9 Å². The highest BCUT2D eigenvalue weighted by Gasteiger charge is 2.50. The standard InChI is InChI=1S/C24H36O5.C5H10N2O2/c1-14(11-22(27)23(28)29)19-8-9-20-16(5-4-10-24(19,20)3)6-7-17-12-18(25)13-21(26)15(17)2;6-5(8)7-1-3-9-4-2-7/h6-7,14,18-22,25-27H,2,4-5,8-13H2,1,3H3,(H,28,29);1-4H2,(H2,6,8)/b16-6?,17-7-;/t14-,18+,19-,20+,21-,22?,24-;/m1./s1. The maximum atomic E-state index is 11.1. The van der Waals surface area contributed by atoms with Crippen molar-refractivity contribution in [3.05, 3.63) is 35.5 Å². The largest absolute Gasteiger partial charge is 0.479 e. The average molecular weight is 535 g/mol. The second kappa shape index (κ2) is 13.2. The van der Waals surface area contributed by atoms with E-state index in [1.165, 1.54) is 5.57 Å². The maximum Gasteiger partial charge on any atom is 0.332 e. The van der Waals surface area contributed by atoms with Gasteiger partial charge in [0.05, 0.1) is 25.4 Å². The highest BCUT2D eigenvalue weighted by Crippen LogP contribution is 2.59. The number of allylic oxidation sites excluding steroid dienone is 3. The third kappa shape index (κ3) is 7.25. The molecule has 0 bridgehead atoms. The summed E-state index contributed by atoms with van der Waals surface area (Å²) < 4.78 is 5.00. The Morgan fingerprint density at radius 2 is 1.92 bits per heavy atom. The summed E-state index contributed by atoms with van der Waals surface area (Å²) >= 11 is 0. The number of aliphatic hydroxyl groups is 3. The Morgan fingerprint density at radius 3 is 2.53 bits per heavy atom. The second-order valence-corrected chi connectivity index (χ2v) is 11.7. The van der Waals surface area contributed by atoms with Crippen molar-refractivity contribution in [3.63, 3.8) is 0 Å². The molecule has 3 saturated carbocycles. The number of urea groups is 1. The smallest absolute Gasteiger partial charge is 0.332 e. The molecule has 4 rings (SSSR count). The van der Waals surface area contributed by atoms with E-state index in [1.807, 2.05) is 6.08 Å². The molecule has 1 saturated heterocycles. The van der Waals surface area contributed by atoms with E-state index in [4.69, 9.17) is 15.6 Å². The Morgan fingerprint density at radius 1 is 1.24 bits per heavy atom. The van der Waals surface area contributed by atoms with Crippen molar-refractivity contribution in [1.82, 2.24) is 4.90 Å². The van der Waals surface area contributed by atoms with Gasteiger partial charge in [-0.05, 0) is 79.3 Å². The fourth-order valence-corrected chi connectivity index (χ4v) is 7.08.